The first kappa shape index (κ1) is 18.8. The van der Waals surface area contributed by atoms with E-state index in [0.29, 0.717) is 25.1 Å². The molecule has 3 rings (SSSR count). The van der Waals surface area contributed by atoms with E-state index in [1.807, 2.05) is 30.5 Å². The Bertz CT molecular complexity index is 769. The molecule has 1 saturated heterocycles. The first-order valence-electron chi connectivity index (χ1n) is 9.04. The van der Waals surface area contributed by atoms with Gasteiger partial charge in [-0.1, -0.05) is 13.0 Å². The summed E-state index contributed by atoms with van der Waals surface area (Å²) >= 11 is 0. The van der Waals surface area contributed by atoms with Crippen molar-refractivity contribution in [3.05, 3.63) is 30.5 Å². The molecular weight excluding hydrogens is 343 g/mol. The molecule has 1 fully saturated rings. The molecule has 1 aliphatic heterocycles. The van der Waals surface area contributed by atoms with E-state index in [9.17, 15) is 18.0 Å². The number of anilines is 1. The number of amides is 1. The van der Waals surface area contributed by atoms with Crippen LogP contribution in [0, 0.1) is 5.92 Å². The maximum Gasteiger partial charge on any atom is 0.401 e. The van der Waals surface area contributed by atoms with Gasteiger partial charge in [0, 0.05) is 25.0 Å². The van der Waals surface area contributed by atoms with E-state index in [2.05, 4.69) is 16.8 Å². The number of carbonyl (C=O) groups is 1. The second kappa shape index (κ2) is 7.70. The van der Waals surface area contributed by atoms with Crippen LogP contribution in [0.2, 0.25) is 0 Å². The summed E-state index contributed by atoms with van der Waals surface area (Å²) in [5, 5.41) is 3.99. The highest BCUT2D eigenvalue weighted by molar-refractivity contribution is 5.95. The Morgan fingerprint density at radius 2 is 2.12 bits per heavy atom. The molecule has 142 valence electrons. The number of rotatable bonds is 5. The standard InChI is InChI=1S/C19H24F3N3O/c1-2-8-25-10-7-14-5-6-16(11-17(14)25)23-18(26)15-4-3-9-24(12-15)13-19(20,21)22/h5-7,10-11,15H,2-4,8-9,12-13H2,1H3,(H,23,26)/t15-/m1/s1. The number of hydrogen-bond acceptors (Lipinski definition) is 2. The zero-order chi connectivity index (χ0) is 18.7. The molecule has 2 aromatic rings. The highest BCUT2D eigenvalue weighted by Gasteiger charge is 2.34. The third-order valence-electron chi connectivity index (χ3n) is 4.79. The van der Waals surface area contributed by atoms with E-state index in [0.717, 1.165) is 23.9 Å². The smallest absolute Gasteiger partial charge is 0.347 e. The van der Waals surface area contributed by atoms with Crippen molar-refractivity contribution in [2.45, 2.75) is 38.9 Å². The lowest BCUT2D eigenvalue weighted by molar-refractivity contribution is -0.151. The van der Waals surface area contributed by atoms with Gasteiger partial charge in [-0.05, 0) is 49.4 Å². The van der Waals surface area contributed by atoms with Crippen molar-refractivity contribution < 1.29 is 18.0 Å². The van der Waals surface area contributed by atoms with Gasteiger partial charge < -0.3 is 9.88 Å². The zero-order valence-electron chi connectivity index (χ0n) is 14.9. The Morgan fingerprint density at radius 1 is 1.31 bits per heavy atom. The molecule has 1 amide bonds. The summed E-state index contributed by atoms with van der Waals surface area (Å²) in [6, 6.07) is 7.76. The predicted octanol–water partition coefficient (Wildman–Crippen LogP) is 4.26. The van der Waals surface area contributed by atoms with Crippen molar-refractivity contribution in [1.29, 1.82) is 0 Å². The molecule has 2 heterocycles. The lowest BCUT2D eigenvalue weighted by Crippen LogP contribution is -2.44. The molecule has 0 spiro atoms. The van der Waals surface area contributed by atoms with Crippen LogP contribution >= 0.6 is 0 Å². The van der Waals surface area contributed by atoms with Crippen LogP contribution < -0.4 is 5.32 Å². The summed E-state index contributed by atoms with van der Waals surface area (Å²) in [6.07, 6.45) is 0.0304. The van der Waals surface area contributed by atoms with E-state index in [-0.39, 0.29) is 12.5 Å². The molecule has 1 aromatic carbocycles. The molecule has 1 N–H and O–H groups in total. The number of piperidine rings is 1. The number of nitrogens with zero attached hydrogens (tertiary/aromatic N) is 2. The van der Waals surface area contributed by atoms with Crippen molar-refractivity contribution in [2.24, 2.45) is 5.92 Å². The Hall–Kier alpha value is -2.02. The first-order valence-corrected chi connectivity index (χ1v) is 9.04. The fourth-order valence-corrected chi connectivity index (χ4v) is 3.61. The average Bonchev–Trinajstić information content (AvgIpc) is 2.96. The Morgan fingerprint density at radius 3 is 2.85 bits per heavy atom. The van der Waals surface area contributed by atoms with Crippen molar-refractivity contribution in [3.63, 3.8) is 0 Å². The third kappa shape index (κ3) is 4.58. The number of likely N-dealkylation sites (tertiary alicyclic amines) is 1. The number of hydrogen-bond donors (Lipinski definition) is 1. The van der Waals surface area contributed by atoms with Gasteiger partial charge in [0.1, 0.15) is 0 Å². The molecule has 1 aliphatic rings. The van der Waals surface area contributed by atoms with E-state index in [1.165, 1.54) is 4.90 Å². The summed E-state index contributed by atoms with van der Waals surface area (Å²) in [4.78, 5) is 13.9. The lowest BCUT2D eigenvalue weighted by atomic mass is 9.97. The van der Waals surface area contributed by atoms with Crippen LogP contribution in [0.25, 0.3) is 10.9 Å². The van der Waals surface area contributed by atoms with Gasteiger partial charge in [0.25, 0.3) is 0 Å². The Kier molecular flexibility index (Phi) is 5.55. The van der Waals surface area contributed by atoms with Crippen molar-refractivity contribution in [2.75, 3.05) is 25.0 Å². The van der Waals surface area contributed by atoms with Crippen LogP contribution in [0.5, 0.6) is 0 Å². The number of benzene rings is 1. The first-order chi connectivity index (χ1) is 12.4. The SMILES string of the molecule is CCCn1ccc2ccc(NC(=O)[C@@H]3CCCN(CC(F)(F)F)C3)cc21. The van der Waals surface area contributed by atoms with E-state index < -0.39 is 18.6 Å². The van der Waals surface area contributed by atoms with Gasteiger partial charge in [-0.2, -0.15) is 13.2 Å². The van der Waals surface area contributed by atoms with Gasteiger partial charge in [-0.25, -0.2) is 0 Å². The highest BCUT2D eigenvalue weighted by Crippen LogP contribution is 2.25. The molecule has 1 aromatic heterocycles. The Balaban J connectivity index is 1.67. The number of aryl methyl sites for hydroxylation is 1. The van der Waals surface area contributed by atoms with Gasteiger partial charge in [-0.3, -0.25) is 9.69 Å². The van der Waals surface area contributed by atoms with Gasteiger partial charge >= 0.3 is 6.18 Å². The fourth-order valence-electron chi connectivity index (χ4n) is 3.61. The van der Waals surface area contributed by atoms with E-state index in [1.54, 1.807) is 0 Å². The highest BCUT2D eigenvalue weighted by atomic mass is 19.4. The van der Waals surface area contributed by atoms with Gasteiger partial charge in [0.2, 0.25) is 5.91 Å². The third-order valence-corrected chi connectivity index (χ3v) is 4.79. The van der Waals surface area contributed by atoms with Crippen molar-refractivity contribution in [1.82, 2.24) is 9.47 Å². The van der Waals surface area contributed by atoms with Crippen LogP contribution in [-0.2, 0) is 11.3 Å². The fraction of sp³-hybridized carbons (Fsp3) is 0.526. The van der Waals surface area contributed by atoms with Crippen LogP contribution in [0.3, 0.4) is 0 Å². The number of halogens is 3. The van der Waals surface area contributed by atoms with Gasteiger partial charge in [0.15, 0.2) is 0 Å². The molecule has 4 nitrogen and oxygen atoms in total. The van der Waals surface area contributed by atoms with Crippen LogP contribution in [0.1, 0.15) is 26.2 Å². The molecule has 26 heavy (non-hydrogen) atoms. The summed E-state index contributed by atoms with van der Waals surface area (Å²) < 4.78 is 39.9. The molecule has 0 unspecified atom stereocenters. The molecule has 7 heteroatoms. The second-order valence-electron chi connectivity index (χ2n) is 6.96. The topological polar surface area (TPSA) is 37.3 Å². The minimum Gasteiger partial charge on any atom is -0.347 e. The number of aromatic nitrogens is 1. The number of nitrogens with one attached hydrogen (secondary N) is 1. The summed E-state index contributed by atoms with van der Waals surface area (Å²) in [7, 11) is 0. The van der Waals surface area contributed by atoms with E-state index in [4.69, 9.17) is 0 Å². The predicted molar refractivity (Wildman–Crippen MR) is 96.1 cm³/mol. The van der Waals surface area contributed by atoms with Crippen LogP contribution in [0.15, 0.2) is 30.5 Å². The quantitative estimate of drug-likeness (QED) is 0.857. The minimum absolute atomic E-state index is 0.153. The van der Waals surface area contributed by atoms with E-state index >= 15 is 0 Å². The normalized spacial score (nSPS) is 19.0. The molecule has 1 atom stereocenters. The van der Waals surface area contributed by atoms with Gasteiger partial charge in [0.05, 0.1) is 18.0 Å². The zero-order valence-corrected chi connectivity index (χ0v) is 14.9. The maximum absolute atomic E-state index is 12.6. The largest absolute Gasteiger partial charge is 0.401 e. The number of fused-ring (bicyclic) bond motifs is 1. The van der Waals surface area contributed by atoms with Gasteiger partial charge in [-0.15, -0.1) is 0 Å². The maximum atomic E-state index is 12.6. The van der Waals surface area contributed by atoms with Crippen LogP contribution in [0.4, 0.5) is 18.9 Å². The second-order valence-corrected chi connectivity index (χ2v) is 6.96. The molecule has 0 aliphatic carbocycles. The summed E-state index contributed by atoms with van der Waals surface area (Å²) in [5.74, 6) is -0.617. The summed E-state index contributed by atoms with van der Waals surface area (Å²) in [6.45, 7) is 2.59. The Labute approximate surface area is 151 Å². The number of carbonyl (C=O) groups excluding carboxylic acids is 1. The minimum atomic E-state index is -4.23. The average molecular weight is 367 g/mol. The van der Waals surface area contributed by atoms with Crippen molar-refractivity contribution >= 4 is 22.5 Å². The molecular formula is C19H24F3N3O. The lowest BCUT2D eigenvalue weighted by Gasteiger charge is -2.32. The van der Waals surface area contributed by atoms with Crippen LogP contribution in [-0.4, -0.2) is 41.2 Å². The van der Waals surface area contributed by atoms with Crippen molar-refractivity contribution in [3.8, 4) is 0 Å². The number of alkyl halides is 3. The molecule has 0 saturated carbocycles. The summed E-state index contributed by atoms with van der Waals surface area (Å²) in [5.41, 5.74) is 1.73. The molecule has 0 bridgehead atoms. The monoisotopic (exact) mass is 367 g/mol. The molecule has 0 radical (unpaired) electrons.